The average molecular weight is 213 g/mol. The number of nitrogens with one attached hydrogen (secondary N) is 1. The molecular weight excluding hydrogens is 190 g/mol. The Morgan fingerprint density at radius 3 is 2.80 bits per heavy atom. The molecule has 1 saturated heterocycles. The summed E-state index contributed by atoms with van der Waals surface area (Å²) in [6.45, 7) is 9.59. The van der Waals surface area contributed by atoms with Crippen LogP contribution in [0.1, 0.15) is 20.8 Å². The van der Waals surface area contributed by atoms with Gasteiger partial charge in [0.05, 0.1) is 6.54 Å². The van der Waals surface area contributed by atoms with Crippen LogP contribution in [-0.4, -0.2) is 61.0 Å². The van der Waals surface area contributed by atoms with E-state index in [0.29, 0.717) is 18.6 Å². The Hall–Kier alpha value is -0.610. The van der Waals surface area contributed by atoms with E-state index in [2.05, 4.69) is 24.1 Å². The van der Waals surface area contributed by atoms with Crippen LogP contribution in [0.5, 0.6) is 0 Å². The predicted molar refractivity (Wildman–Crippen MR) is 61.8 cm³/mol. The third-order valence-corrected chi connectivity index (χ3v) is 3.18. The molecule has 0 aliphatic carbocycles. The van der Waals surface area contributed by atoms with E-state index < -0.39 is 0 Å². The van der Waals surface area contributed by atoms with Gasteiger partial charge in [-0.05, 0) is 27.8 Å². The summed E-state index contributed by atoms with van der Waals surface area (Å²) in [7, 11) is 1.96. The number of likely N-dealkylation sites (N-methyl/N-ethyl adjacent to an activating group) is 2. The highest BCUT2D eigenvalue weighted by atomic mass is 16.2. The van der Waals surface area contributed by atoms with Gasteiger partial charge in [0.1, 0.15) is 0 Å². The van der Waals surface area contributed by atoms with Crippen molar-refractivity contribution >= 4 is 5.91 Å². The highest BCUT2D eigenvalue weighted by molar-refractivity contribution is 5.79. The summed E-state index contributed by atoms with van der Waals surface area (Å²) in [4.78, 5) is 15.9. The van der Waals surface area contributed by atoms with Gasteiger partial charge < -0.3 is 10.2 Å². The quantitative estimate of drug-likeness (QED) is 0.722. The van der Waals surface area contributed by atoms with Crippen LogP contribution in [0.4, 0.5) is 0 Å². The Balaban J connectivity index is 2.51. The van der Waals surface area contributed by atoms with E-state index in [1.807, 2.05) is 18.9 Å². The standard InChI is InChI=1S/C11H23N3O/c1-5-13-7-10(3)14(8-11(13)15)6-9(2)12-4/h9-10,12H,5-8H2,1-4H3. The molecule has 0 spiro atoms. The molecule has 1 aliphatic heterocycles. The lowest BCUT2D eigenvalue weighted by atomic mass is 10.1. The van der Waals surface area contributed by atoms with E-state index >= 15 is 0 Å². The minimum absolute atomic E-state index is 0.263. The molecule has 1 heterocycles. The normalized spacial score (nSPS) is 25.7. The fraction of sp³-hybridized carbons (Fsp3) is 0.909. The second-order valence-corrected chi connectivity index (χ2v) is 4.40. The number of piperazine rings is 1. The van der Waals surface area contributed by atoms with Crippen LogP contribution in [-0.2, 0) is 4.79 Å². The molecule has 2 atom stereocenters. The molecule has 2 unspecified atom stereocenters. The zero-order valence-corrected chi connectivity index (χ0v) is 10.3. The van der Waals surface area contributed by atoms with Gasteiger partial charge >= 0.3 is 0 Å². The van der Waals surface area contributed by atoms with Crippen LogP contribution in [0.3, 0.4) is 0 Å². The highest BCUT2D eigenvalue weighted by Crippen LogP contribution is 2.10. The van der Waals surface area contributed by atoms with Crippen LogP contribution in [0, 0.1) is 0 Å². The molecule has 4 heteroatoms. The molecule has 1 N–H and O–H groups in total. The Bertz CT molecular complexity index is 220. The van der Waals surface area contributed by atoms with E-state index in [1.165, 1.54) is 0 Å². The first-order chi connectivity index (χ1) is 7.08. The molecule has 15 heavy (non-hydrogen) atoms. The van der Waals surface area contributed by atoms with Crippen molar-refractivity contribution in [3.05, 3.63) is 0 Å². The highest BCUT2D eigenvalue weighted by Gasteiger charge is 2.28. The molecule has 1 amide bonds. The van der Waals surface area contributed by atoms with E-state index in [4.69, 9.17) is 0 Å². The lowest BCUT2D eigenvalue weighted by Gasteiger charge is -2.40. The van der Waals surface area contributed by atoms with Gasteiger partial charge in [-0.25, -0.2) is 0 Å². The summed E-state index contributed by atoms with van der Waals surface area (Å²) >= 11 is 0. The maximum atomic E-state index is 11.7. The first kappa shape index (κ1) is 12.5. The van der Waals surface area contributed by atoms with Gasteiger partial charge in [-0.1, -0.05) is 0 Å². The third kappa shape index (κ3) is 3.18. The van der Waals surface area contributed by atoms with Crippen molar-refractivity contribution in [2.75, 3.05) is 33.2 Å². The molecule has 88 valence electrons. The van der Waals surface area contributed by atoms with Gasteiger partial charge in [-0.2, -0.15) is 0 Å². The van der Waals surface area contributed by atoms with Crippen LogP contribution in [0.15, 0.2) is 0 Å². The van der Waals surface area contributed by atoms with Crippen LogP contribution in [0.2, 0.25) is 0 Å². The Morgan fingerprint density at radius 2 is 2.27 bits per heavy atom. The topological polar surface area (TPSA) is 35.6 Å². The van der Waals surface area contributed by atoms with Gasteiger partial charge in [0.2, 0.25) is 5.91 Å². The molecule has 0 aromatic carbocycles. The van der Waals surface area contributed by atoms with Crippen molar-refractivity contribution in [2.45, 2.75) is 32.9 Å². The van der Waals surface area contributed by atoms with E-state index in [-0.39, 0.29) is 5.91 Å². The molecule has 1 rings (SSSR count). The van der Waals surface area contributed by atoms with E-state index in [9.17, 15) is 4.79 Å². The Labute approximate surface area is 92.6 Å². The molecule has 0 saturated carbocycles. The zero-order valence-electron chi connectivity index (χ0n) is 10.3. The average Bonchev–Trinajstić information content (AvgIpc) is 2.22. The molecule has 4 nitrogen and oxygen atoms in total. The van der Waals surface area contributed by atoms with Gasteiger partial charge in [-0.3, -0.25) is 9.69 Å². The summed E-state index contributed by atoms with van der Waals surface area (Å²) in [5.41, 5.74) is 0. The predicted octanol–water partition coefficient (Wildman–Crippen LogP) is 0.147. The number of amides is 1. The second kappa shape index (κ2) is 5.47. The monoisotopic (exact) mass is 213 g/mol. The Morgan fingerprint density at radius 1 is 1.60 bits per heavy atom. The fourth-order valence-electron chi connectivity index (χ4n) is 1.96. The van der Waals surface area contributed by atoms with Crippen molar-refractivity contribution < 1.29 is 4.79 Å². The number of rotatable bonds is 4. The molecule has 0 aromatic rings. The molecule has 1 fully saturated rings. The fourth-order valence-corrected chi connectivity index (χ4v) is 1.96. The van der Waals surface area contributed by atoms with Gasteiger partial charge in [0, 0.05) is 31.7 Å². The summed E-state index contributed by atoms with van der Waals surface area (Å²) in [5, 5.41) is 3.21. The smallest absolute Gasteiger partial charge is 0.236 e. The zero-order chi connectivity index (χ0) is 11.4. The number of nitrogens with zero attached hydrogens (tertiary/aromatic N) is 2. The lowest BCUT2D eigenvalue weighted by molar-refractivity contribution is -0.138. The summed E-state index contributed by atoms with van der Waals surface area (Å²) in [6.07, 6.45) is 0. The molecule has 0 bridgehead atoms. The Kier molecular flexibility index (Phi) is 4.54. The molecule has 0 aromatic heterocycles. The number of hydrogen-bond acceptors (Lipinski definition) is 3. The van der Waals surface area contributed by atoms with Crippen molar-refractivity contribution in [1.29, 1.82) is 0 Å². The number of carbonyl (C=O) groups excluding carboxylic acids is 1. The van der Waals surface area contributed by atoms with Gasteiger partial charge in [0.25, 0.3) is 0 Å². The van der Waals surface area contributed by atoms with E-state index in [0.717, 1.165) is 19.6 Å². The van der Waals surface area contributed by atoms with E-state index in [1.54, 1.807) is 0 Å². The molecule has 0 radical (unpaired) electrons. The van der Waals surface area contributed by atoms with Crippen LogP contribution in [0.25, 0.3) is 0 Å². The summed E-state index contributed by atoms with van der Waals surface area (Å²) in [6, 6.07) is 0.909. The first-order valence-corrected chi connectivity index (χ1v) is 5.77. The summed E-state index contributed by atoms with van der Waals surface area (Å²) < 4.78 is 0. The minimum atomic E-state index is 0.263. The SMILES string of the molecule is CCN1CC(C)N(CC(C)NC)CC1=O. The maximum Gasteiger partial charge on any atom is 0.236 e. The van der Waals surface area contributed by atoms with Crippen LogP contribution < -0.4 is 5.32 Å². The van der Waals surface area contributed by atoms with Crippen molar-refractivity contribution in [1.82, 2.24) is 15.1 Å². The molecular formula is C11H23N3O. The summed E-state index contributed by atoms with van der Waals surface area (Å²) in [5.74, 6) is 0.263. The van der Waals surface area contributed by atoms with Crippen molar-refractivity contribution in [3.63, 3.8) is 0 Å². The molecule has 1 aliphatic rings. The first-order valence-electron chi connectivity index (χ1n) is 5.77. The largest absolute Gasteiger partial charge is 0.340 e. The van der Waals surface area contributed by atoms with Crippen molar-refractivity contribution in [2.24, 2.45) is 0 Å². The lowest BCUT2D eigenvalue weighted by Crippen LogP contribution is -2.57. The number of hydrogen-bond donors (Lipinski definition) is 1. The van der Waals surface area contributed by atoms with Crippen molar-refractivity contribution in [3.8, 4) is 0 Å². The minimum Gasteiger partial charge on any atom is -0.340 e. The maximum absolute atomic E-state index is 11.7. The third-order valence-electron chi connectivity index (χ3n) is 3.18. The van der Waals surface area contributed by atoms with Gasteiger partial charge in [-0.15, -0.1) is 0 Å². The van der Waals surface area contributed by atoms with Crippen LogP contribution >= 0.6 is 0 Å². The second-order valence-electron chi connectivity index (χ2n) is 4.40. The number of carbonyl (C=O) groups is 1. The van der Waals surface area contributed by atoms with Gasteiger partial charge in [0.15, 0.2) is 0 Å².